The van der Waals surface area contributed by atoms with Crippen molar-refractivity contribution in [3.05, 3.63) is 29.8 Å². The fourth-order valence-electron chi connectivity index (χ4n) is 3.44. The highest BCUT2D eigenvalue weighted by atomic mass is 16.5. The normalized spacial score (nSPS) is 23.8. The lowest BCUT2D eigenvalue weighted by molar-refractivity contribution is -0.122. The molecule has 0 bridgehead atoms. The lowest BCUT2D eigenvalue weighted by Crippen LogP contribution is -2.30. The zero-order valence-corrected chi connectivity index (χ0v) is 13.3. The molecule has 5 heteroatoms. The van der Waals surface area contributed by atoms with Gasteiger partial charge in [-0.2, -0.15) is 0 Å². The first kappa shape index (κ1) is 15.7. The van der Waals surface area contributed by atoms with Crippen LogP contribution in [0.25, 0.3) is 0 Å². The van der Waals surface area contributed by atoms with Crippen molar-refractivity contribution in [2.24, 2.45) is 11.8 Å². The van der Waals surface area contributed by atoms with Crippen molar-refractivity contribution in [1.82, 2.24) is 0 Å². The van der Waals surface area contributed by atoms with Crippen LogP contribution in [-0.2, 0) is 14.3 Å². The first-order valence-electron chi connectivity index (χ1n) is 8.28. The van der Waals surface area contributed by atoms with Crippen LogP contribution in [0.2, 0.25) is 0 Å². The number of benzene rings is 1. The Hall–Kier alpha value is -2.17. The van der Waals surface area contributed by atoms with E-state index in [0.717, 1.165) is 32.1 Å². The van der Waals surface area contributed by atoms with Crippen LogP contribution in [0.1, 0.15) is 49.4 Å². The SMILES string of the molecule is CCCOC(=O)c1ccc(N2C(=O)[C@H]3CCCC[C@@H]3C2=O)cc1. The summed E-state index contributed by atoms with van der Waals surface area (Å²) in [7, 11) is 0. The molecule has 2 aliphatic rings. The quantitative estimate of drug-likeness (QED) is 0.633. The second-order valence-electron chi connectivity index (χ2n) is 6.19. The predicted molar refractivity (Wildman–Crippen MR) is 85.0 cm³/mol. The molecule has 1 heterocycles. The molecule has 2 fully saturated rings. The van der Waals surface area contributed by atoms with E-state index in [1.54, 1.807) is 24.3 Å². The van der Waals surface area contributed by atoms with E-state index >= 15 is 0 Å². The molecule has 1 saturated carbocycles. The van der Waals surface area contributed by atoms with Gasteiger partial charge in [-0.1, -0.05) is 19.8 Å². The molecule has 1 saturated heterocycles. The van der Waals surface area contributed by atoms with E-state index < -0.39 is 0 Å². The minimum atomic E-state index is -0.383. The molecule has 122 valence electrons. The van der Waals surface area contributed by atoms with Gasteiger partial charge in [0.25, 0.3) is 0 Å². The Morgan fingerprint density at radius 3 is 2.17 bits per heavy atom. The summed E-state index contributed by atoms with van der Waals surface area (Å²) in [5.41, 5.74) is 0.972. The molecule has 0 spiro atoms. The number of fused-ring (bicyclic) bond motifs is 1. The molecule has 0 N–H and O–H groups in total. The van der Waals surface area contributed by atoms with Crippen LogP contribution in [0.4, 0.5) is 5.69 Å². The van der Waals surface area contributed by atoms with Crippen LogP contribution < -0.4 is 4.90 Å². The van der Waals surface area contributed by atoms with E-state index in [4.69, 9.17) is 4.74 Å². The van der Waals surface area contributed by atoms with Gasteiger partial charge in [-0.3, -0.25) is 14.5 Å². The van der Waals surface area contributed by atoms with Crippen molar-refractivity contribution in [3.8, 4) is 0 Å². The van der Waals surface area contributed by atoms with E-state index in [9.17, 15) is 14.4 Å². The van der Waals surface area contributed by atoms with Crippen molar-refractivity contribution < 1.29 is 19.1 Å². The number of carbonyl (C=O) groups is 3. The van der Waals surface area contributed by atoms with Crippen LogP contribution in [0.3, 0.4) is 0 Å². The monoisotopic (exact) mass is 315 g/mol. The second kappa shape index (κ2) is 6.52. The van der Waals surface area contributed by atoms with Crippen LogP contribution in [-0.4, -0.2) is 24.4 Å². The molecule has 0 unspecified atom stereocenters. The topological polar surface area (TPSA) is 63.7 Å². The molecule has 2 amide bonds. The van der Waals surface area contributed by atoms with Gasteiger partial charge >= 0.3 is 5.97 Å². The van der Waals surface area contributed by atoms with E-state index in [1.165, 1.54) is 4.90 Å². The van der Waals surface area contributed by atoms with Gasteiger partial charge in [0.15, 0.2) is 0 Å². The first-order chi connectivity index (χ1) is 11.1. The summed E-state index contributed by atoms with van der Waals surface area (Å²) in [5, 5.41) is 0. The summed E-state index contributed by atoms with van der Waals surface area (Å²) in [6, 6.07) is 6.51. The number of nitrogens with zero attached hydrogens (tertiary/aromatic N) is 1. The zero-order valence-electron chi connectivity index (χ0n) is 13.3. The molecule has 23 heavy (non-hydrogen) atoms. The summed E-state index contributed by atoms with van der Waals surface area (Å²) in [6.07, 6.45) is 4.39. The number of rotatable bonds is 4. The summed E-state index contributed by atoms with van der Waals surface area (Å²) >= 11 is 0. The third-order valence-corrected chi connectivity index (χ3v) is 4.64. The molecule has 5 nitrogen and oxygen atoms in total. The largest absolute Gasteiger partial charge is 0.462 e. The van der Waals surface area contributed by atoms with Gasteiger partial charge in [-0.05, 0) is 43.5 Å². The lowest BCUT2D eigenvalue weighted by atomic mass is 9.81. The Morgan fingerprint density at radius 2 is 1.65 bits per heavy atom. The highest BCUT2D eigenvalue weighted by Crippen LogP contribution is 2.40. The Kier molecular flexibility index (Phi) is 4.46. The Morgan fingerprint density at radius 1 is 1.09 bits per heavy atom. The first-order valence-corrected chi connectivity index (χ1v) is 8.28. The Balaban J connectivity index is 1.78. The van der Waals surface area contributed by atoms with Gasteiger partial charge in [0.05, 0.1) is 29.7 Å². The van der Waals surface area contributed by atoms with Gasteiger partial charge in [-0.25, -0.2) is 4.79 Å². The van der Waals surface area contributed by atoms with E-state index in [1.807, 2.05) is 6.92 Å². The van der Waals surface area contributed by atoms with Crippen LogP contribution >= 0.6 is 0 Å². The summed E-state index contributed by atoms with van der Waals surface area (Å²) < 4.78 is 5.08. The predicted octanol–water partition coefficient (Wildman–Crippen LogP) is 2.93. The standard InChI is InChI=1S/C18H21NO4/c1-2-11-23-18(22)12-7-9-13(10-8-12)19-16(20)14-5-3-4-6-15(14)17(19)21/h7-10,14-15H,2-6,11H2,1H3/t14-,15-/m0/s1. The minimum Gasteiger partial charge on any atom is -0.462 e. The van der Waals surface area contributed by atoms with Crippen LogP contribution in [0.5, 0.6) is 0 Å². The van der Waals surface area contributed by atoms with Crippen molar-refractivity contribution in [2.75, 3.05) is 11.5 Å². The molecule has 0 radical (unpaired) electrons. The zero-order chi connectivity index (χ0) is 16.4. The number of hydrogen-bond acceptors (Lipinski definition) is 4. The number of carbonyl (C=O) groups excluding carboxylic acids is 3. The average Bonchev–Trinajstić information content (AvgIpc) is 2.84. The maximum atomic E-state index is 12.5. The molecule has 3 rings (SSSR count). The van der Waals surface area contributed by atoms with Gasteiger partial charge in [-0.15, -0.1) is 0 Å². The number of hydrogen-bond donors (Lipinski definition) is 0. The number of anilines is 1. The van der Waals surface area contributed by atoms with Crippen LogP contribution in [0.15, 0.2) is 24.3 Å². The second-order valence-corrected chi connectivity index (χ2v) is 6.19. The minimum absolute atomic E-state index is 0.0963. The number of ether oxygens (including phenoxy) is 1. The molecular formula is C18H21NO4. The number of esters is 1. The molecule has 2 atom stereocenters. The molecule has 1 aromatic carbocycles. The fourth-order valence-corrected chi connectivity index (χ4v) is 3.44. The van der Waals surface area contributed by atoms with Gasteiger partial charge < -0.3 is 4.74 Å². The maximum absolute atomic E-state index is 12.5. The molecule has 1 aliphatic heterocycles. The fraction of sp³-hybridized carbons (Fsp3) is 0.500. The smallest absolute Gasteiger partial charge is 0.338 e. The highest BCUT2D eigenvalue weighted by Gasteiger charge is 2.48. The molecule has 1 aliphatic carbocycles. The average molecular weight is 315 g/mol. The number of imide groups is 1. The van der Waals surface area contributed by atoms with E-state index in [2.05, 4.69) is 0 Å². The van der Waals surface area contributed by atoms with Crippen molar-refractivity contribution in [2.45, 2.75) is 39.0 Å². The van der Waals surface area contributed by atoms with Gasteiger partial charge in [0.1, 0.15) is 0 Å². The summed E-state index contributed by atoms with van der Waals surface area (Å²) in [6.45, 7) is 2.31. The maximum Gasteiger partial charge on any atom is 0.338 e. The van der Waals surface area contributed by atoms with E-state index in [0.29, 0.717) is 17.9 Å². The third-order valence-electron chi connectivity index (χ3n) is 4.64. The molecule has 1 aromatic rings. The van der Waals surface area contributed by atoms with Gasteiger partial charge in [0, 0.05) is 0 Å². The summed E-state index contributed by atoms with van der Waals surface area (Å²) in [5.74, 6) is -0.899. The van der Waals surface area contributed by atoms with Crippen LogP contribution in [0, 0.1) is 11.8 Å². The van der Waals surface area contributed by atoms with Crippen molar-refractivity contribution in [1.29, 1.82) is 0 Å². The van der Waals surface area contributed by atoms with Crippen molar-refractivity contribution >= 4 is 23.5 Å². The third kappa shape index (κ3) is 2.87. The Labute approximate surface area is 135 Å². The van der Waals surface area contributed by atoms with E-state index in [-0.39, 0.29) is 29.6 Å². The molecule has 0 aromatic heterocycles. The van der Waals surface area contributed by atoms with Gasteiger partial charge in [0.2, 0.25) is 11.8 Å². The van der Waals surface area contributed by atoms with Crippen molar-refractivity contribution in [3.63, 3.8) is 0 Å². The summed E-state index contributed by atoms with van der Waals surface area (Å²) in [4.78, 5) is 38.1. The highest BCUT2D eigenvalue weighted by molar-refractivity contribution is 6.22. The number of amides is 2. The molecular weight excluding hydrogens is 294 g/mol. The lowest BCUT2D eigenvalue weighted by Gasteiger charge is -2.19. The Bertz CT molecular complexity index is 598.